The van der Waals surface area contributed by atoms with Gasteiger partial charge in [0.05, 0.1) is 11.6 Å². The van der Waals surface area contributed by atoms with Gasteiger partial charge >= 0.3 is 0 Å². The van der Waals surface area contributed by atoms with E-state index in [9.17, 15) is 0 Å². The molecule has 0 fully saturated rings. The summed E-state index contributed by atoms with van der Waals surface area (Å²) in [4.78, 5) is 0. The highest BCUT2D eigenvalue weighted by molar-refractivity contribution is 9.10. The zero-order valence-electron chi connectivity index (χ0n) is 10.9. The van der Waals surface area contributed by atoms with Gasteiger partial charge in [0, 0.05) is 24.1 Å². The van der Waals surface area contributed by atoms with E-state index in [-0.39, 0.29) is 0 Å². The maximum atomic E-state index is 5.23. The first-order chi connectivity index (χ1) is 8.69. The summed E-state index contributed by atoms with van der Waals surface area (Å²) in [6.45, 7) is 6.89. The van der Waals surface area contributed by atoms with E-state index < -0.39 is 0 Å². The molecule has 18 heavy (non-hydrogen) atoms. The normalized spacial score (nSPS) is 12.2. The van der Waals surface area contributed by atoms with Crippen LogP contribution in [-0.2, 0) is 0 Å². The molecule has 1 unspecified atom stereocenters. The van der Waals surface area contributed by atoms with Gasteiger partial charge in [-0.1, -0.05) is 12.1 Å². The van der Waals surface area contributed by atoms with Gasteiger partial charge in [-0.25, -0.2) is 0 Å². The van der Waals surface area contributed by atoms with Crippen LogP contribution in [-0.4, -0.2) is 25.2 Å². The van der Waals surface area contributed by atoms with Crippen molar-refractivity contribution in [2.45, 2.75) is 13.0 Å². The molecule has 0 spiro atoms. The van der Waals surface area contributed by atoms with Crippen LogP contribution in [0.2, 0.25) is 0 Å². The number of halogens is 1. The molecule has 2 nitrogen and oxygen atoms in total. The lowest BCUT2D eigenvalue weighted by molar-refractivity contribution is 0.411. The number of rotatable bonds is 8. The van der Waals surface area contributed by atoms with Crippen molar-refractivity contribution in [3.8, 4) is 5.75 Å². The van der Waals surface area contributed by atoms with Crippen LogP contribution in [0.5, 0.6) is 5.75 Å². The third-order valence-corrected chi connectivity index (χ3v) is 4.19. The van der Waals surface area contributed by atoms with Gasteiger partial charge in [-0.2, -0.15) is 11.8 Å². The average Bonchev–Trinajstić information content (AvgIpc) is 2.38. The highest BCUT2D eigenvalue weighted by Crippen LogP contribution is 2.27. The fourth-order valence-electron chi connectivity index (χ4n) is 1.58. The number of hydrogen-bond donors (Lipinski definition) is 1. The third-order valence-electron chi connectivity index (χ3n) is 2.61. The Morgan fingerprint density at radius 3 is 2.94 bits per heavy atom. The second-order valence-electron chi connectivity index (χ2n) is 3.93. The van der Waals surface area contributed by atoms with Crippen molar-refractivity contribution in [3.05, 3.63) is 40.9 Å². The summed E-state index contributed by atoms with van der Waals surface area (Å²) in [5.41, 5.74) is 1.26. The summed E-state index contributed by atoms with van der Waals surface area (Å²) in [7, 11) is 1.68. The Labute approximate surface area is 122 Å². The lowest BCUT2D eigenvalue weighted by Crippen LogP contribution is -2.21. The quantitative estimate of drug-likeness (QED) is 0.574. The summed E-state index contributed by atoms with van der Waals surface area (Å²) in [5, 5.41) is 3.51. The van der Waals surface area contributed by atoms with E-state index in [0.717, 1.165) is 28.3 Å². The SMILES string of the molecule is C=CCSCCNC(C)c1ccc(OC)c(Br)c1. The molecule has 0 bridgehead atoms. The Morgan fingerprint density at radius 1 is 1.56 bits per heavy atom. The predicted octanol–water partition coefficient (Wildman–Crippen LogP) is 4.03. The molecule has 0 aliphatic heterocycles. The van der Waals surface area contributed by atoms with Crippen LogP contribution >= 0.6 is 27.7 Å². The van der Waals surface area contributed by atoms with Gasteiger partial charge in [-0.3, -0.25) is 0 Å². The fraction of sp³-hybridized carbons (Fsp3) is 0.429. The Morgan fingerprint density at radius 2 is 2.33 bits per heavy atom. The van der Waals surface area contributed by atoms with E-state index in [2.05, 4.69) is 46.9 Å². The molecule has 0 radical (unpaired) electrons. The highest BCUT2D eigenvalue weighted by atomic mass is 79.9. The molecule has 100 valence electrons. The van der Waals surface area contributed by atoms with Crippen molar-refractivity contribution >= 4 is 27.7 Å². The molecule has 1 aromatic carbocycles. The standard InChI is InChI=1S/C14H20BrNOS/c1-4-8-18-9-7-16-11(2)12-5-6-14(17-3)13(15)10-12/h4-6,10-11,16H,1,7-9H2,2-3H3. The van der Waals surface area contributed by atoms with E-state index in [1.54, 1.807) is 7.11 Å². The Bertz CT molecular complexity index is 384. The minimum Gasteiger partial charge on any atom is -0.496 e. The molecule has 0 saturated heterocycles. The second-order valence-corrected chi connectivity index (χ2v) is 5.94. The van der Waals surface area contributed by atoms with Crippen LogP contribution in [0.4, 0.5) is 0 Å². The smallest absolute Gasteiger partial charge is 0.133 e. The zero-order chi connectivity index (χ0) is 13.4. The first kappa shape index (κ1) is 15.6. The van der Waals surface area contributed by atoms with Gasteiger partial charge < -0.3 is 10.1 Å². The zero-order valence-corrected chi connectivity index (χ0v) is 13.3. The molecule has 0 aliphatic carbocycles. The maximum absolute atomic E-state index is 5.23. The molecule has 4 heteroatoms. The van der Waals surface area contributed by atoms with E-state index >= 15 is 0 Å². The van der Waals surface area contributed by atoms with Gasteiger partial charge in [0.25, 0.3) is 0 Å². The summed E-state index contributed by atoms with van der Waals surface area (Å²) in [5.74, 6) is 2.99. The van der Waals surface area contributed by atoms with Gasteiger partial charge in [-0.05, 0) is 40.5 Å². The fourth-order valence-corrected chi connectivity index (χ4v) is 2.74. The number of nitrogens with one attached hydrogen (secondary N) is 1. The van der Waals surface area contributed by atoms with Crippen molar-refractivity contribution < 1.29 is 4.74 Å². The van der Waals surface area contributed by atoms with Crippen LogP contribution in [0.15, 0.2) is 35.3 Å². The molecule has 0 saturated carbocycles. The number of hydrogen-bond acceptors (Lipinski definition) is 3. The van der Waals surface area contributed by atoms with Crippen molar-refractivity contribution in [1.82, 2.24) is 5.32 Å². The largest absolute Gasteiger partial charge is 0.496 e. The molecule has 1 atom stereocenters. The van der Waals surface area contributed by atoms with Crippen molar-refractivity contribution in [2.75, 3.05) is 25.2 Å². The molecule has 0 amide bonds. The molecular weight excluding hydrogens is 310 g/mol. The van der Waals surface area contributed by atoms with E-state index in [0.29, 0.717) is 6.04 Å². The van der Waals surface area contributed by atoms with Crippen LogP contribution in [0.3, 0.4) is 0 Å². The Balaban J connectivity index is 2.43. The maximum Gasteiger partial charge on any atom is 0.133 e. The summed E-state index contributed by atoms with van der Waals surface area (Å²) >= 11 is 5.40. The summed E-state index contributed by atoms with van der Waals surface area (Å²) < 4.78 is 6.22. The van der Waals surface area contributed by atoms with E-state index in [4.69, 9.17) is 4.74 Å². The van der Waals surface area contributed by atoms with Gasteiger partial charge in [0.2, 0.25) is 0 Å². The minimum absolute atomic E-state index is 0.344. The second kappa shape index (κ2) is 8.62. The number of thioether (sulfide) groups is 1. The van der Waals surface area contributed by atoms with Crippen molar-refractivity contribution in [3.63, 3.8) is 0 Å². The Hall–Kier alpha value is -0.450. The average molecular weight is 330 g/mol. The monoisotopic (exact) mass is 329 g/mol. The predicted molar refractivity (Wildman–Crippen MR) is 84.6 cm³/mol. The lowest BCUT2D eigenvalue weighted by atomic mass is 10.1. The van der Waals surface area contributed by atoms with Crippen LogP contribution in [0.25, 0.3) is 0 Å². The summed E-state index contributed by atoms with van der Waals surface area (Å²) in [6.07, 6.45) is 1.94. The molecule has 0 heterocycles. The van der Waals surface area contributed by atoms with Gasteiger partial charge in [0.1, 0.15) is 5.75 Å². The van der Waals surface area contributed by atoms with Gasteiger partial charge in [0.15, 0.2) is 0 Å². The van der Waals surface area contributed by atoms with Crippen LogP contribution in [0, 0.1) is 0 Å². The molecule has 0 aromatic heterocycles. The van der Waals surface area contributed by atoms with Crippen LogP contribution in [0.1, 0.15) is 18.5 Å². The first-order valence-electron chi connectivity index (χ1n) is 5.94. The lowest BCUT2D eigenvalue weighted by Gasteiger charge is -2.15. The molecular formula is C14H20BrNOS. The number of benzene rings is 1. The topological polar surface area (TPSA) is 21.3 Å². The van der Waals surface area contributed by atoms with Crippen molar-refractivity contribution in [2.24, 2.45) is 0 Å². The van der Waals surface area contributed by atoms with E-state index in [1.807, 2.05) is 23.9 Å². The third kappa shape index (κ3) is 5.04. The summed E-state index contributed by atoms with van der Waals surface area (Å²) in [6, 6.07) is 6.53. The molecule has 1 rings (SSSR count). The first-order valence-corrected chi connectivity index (χ1v) is 7.89. The van der Waals surface area contributed by atoms with Gasteiger partial charge in [-0.15, -0.1) is 6.58 Å². The van der Waals surface area contributed by atoms with E-state index in [1.165, 1.54) is 5.56 Å². The molecule has 1 N–H and O–H groups in total. The number of ether oxygens (including phenoxy) is 1. The molecule has 1 aromatic rings. The molecule has 0 aliphatic rings. The van der Waals surface area contributed by atoms with Crippen molar-refractivity contribution in [1.29, 1.82) is 0 Å². The minimum atomic E-state index is 0.344. The number of methoxy groups -OCH3 is 1. The van der Waals surface area contributed by atoms with Crippen LogP contribution < -0.4 is 10.1 Å². The highest BCUT2D eigenvalue weighted by Gasteiger charge is 2.07. The Kier molecular flexibility index (Phi) is 7.47.